The Morgan fingerprint density at radius 2 is 1.71 bits per heavy atom. The third kappa shape index (κ3) is 3.62. The highest BCUT2D eigenvalue weighted by Crippen LogP contribution is 2.41. The van der Waals surface area contributed by atoms with Gasteiger partial charge >= 0.3 is 6.18 Å². The van der Waals surface area contributed by atoms with Crippen LogP contribution in [0.2, 0.25) is 0 Å². The molecule has 158 valence electrons. The lowest BCUT2D eigenvalue weighted by molar-refractivity contribution is -0.137. The van der Waals surface area contributed by atoms with E-state index in [1.807, 2.05) is 0 Å². The van der Waals surface area contributed by atoms with Crippen molar-refractivity contribution in [2.24, 2.45) is 0 Å². The van der Waals surface area contributed by atoms with Crippen molar-refractivity contribution in [2.45, 2.75) is 24.9 Å². The van der Waals surface area contributed by atoms with Crippen molar-refractivity contribution in [1.82, 2.24) is 24.5 Å². The Balaban J connectivity index is 1.55. The number of alkyl halides is 3. The van der Waals surface area contributed by atoms with Gasteiger partial charge in [-0.2, -0.15) is 28.1 Å². The van der Waals surface area contributed by atoms with Gasteiger partial charge < -0.3 is 11.1 Å². The standard InChI is InChI=1S/C20H15F4N7/c21-13-2-1-3-14-15(13)27-16(10-4-5-10)31(14)19-29-17(25)28-18(30-19)26-12-8-6-11(7-9-12)20(22,23)24/h1-3,6-10H,4-5H2,(H3,25,26,28,29,30). The van der Waals surface area contributed by atoms with Crippen LogP contribution in [0.25, 0.3) is 17.0 Å². The molecule has 4 aromatic rings. The number of nitrogen functional groups attached to an aromatic ring is 1. The van der Waals surface area contributed by atoms with Crippen molar-refractivity contribution in [3.05, 3.63) is 59.7 Å². The molecule has 2 aromatic carbocycles. The molecule has 11 heteroatoms. The third-order valence-corrected chi connectivity index (χ3v) is 4.91. The highest BCUT2D eigenvalue weighted by Gasteiger charge is 2.32. The van der Waals surface area contributed by atoms with Crippen LogP contribution in [-0.2, 0) is 6.18 Å². The molecule has 0 radical (unpaired) electrons. The molecule has 0 bridgehead atoms. The van der Waals surface area contributed by atoms with E-state index in [2.05, 4.69) is 25.3 Å². The second kappa shape index (κ2) is 6.89. The van der Waals surface area contributed by atoms with E-state index in [0.717, 1.165) is 25.0 Å². The average Bonchev–Trinajstić information content (AvgIpc) is 3.47. The Morgan fingerprint density at radius 1 is 0.968 bits per heavy atom. The molecule has 2 heterocycles. The lowest BCUT2D eigenvalue weighted by Gasteiger charge is -2.11. The number of nitrogens with zero attached hydrogens (tertiary/aromatic N) is 5. The highest BCUT2D eigenvalue weighted by atomic mass is 19.4. The fourth-order valence-corrected chi connectivity index (χ4v) is 3.32. The number of hydrogen-bond donors (Lipinski definition) is 2. The number of fused-ring (bicyclic) bond motifs is 1. The van der Waals surface area contributed by atoms with Gasteiger partial charge in [0.05, 0.1) is 11.1 Å². The minimum absolute atomic E-state index is 0.0438. The first-order valence-corrected chi connectivity index (χ1v) is 9.42. The van der Waals surface area contributed by atoms with Gasteiger partial charge in [0.1, 0.15) is 11.3 Å². The van der Waals surface area contributed by atoms with E-state index in [4.69, 9.17) is 5.73 Å². The number of anilines is 3. The summed E-state index contributed by atoms with van der Waals surface area (Å²) in [5.41, 5.74) is 6.13. The van der Waals surface area contributed by atoms with Crippen molar-refractivity contribution in [3.63, 3.8) is 0 Å². The van der Waals surface area contributed by atoms with Crippen molar-refractivity contribution >= 4 is 28.6 Å². The second-order valence-electron chi connectivity index (χ2n) is 7.20. The average molecular weight is 429 g/mol. The molecule has 7 nitrogen and oxygen atoms in total. The summed E-state index contributed by atoms with van der Waals surface area (Å²) < 4.78 is 54.2. The van der Waals surface area contributed by atoms with Crippen LogP contribution in [0.4, 0.5) is 35.1 Å². The van der Waals surface area contributed by atoms with Crippen LogP contribution in [-0.4, -0.2) is 24.5 Å². The number of hydrogen-bond acceptors (Lipinski definition) is 6. The molecule has 1 aliphatic carbocycles. The summed E-state index contributed by atoms with van der Waals surface area (Å²) in [6.45, 7) is 0. The number of nitrogens with two attached hydrogens (primary N) is 1. The number of para-hydroxylation sites is 1. The Bertz CT molecular complexity index is 1280. The number of nitrogens with one attached hydrogen (secondary N) is 1. The van der Waals surface area contributed by atoms with Crippen LogP contribution >= 0.6 is 0 Å². The molecule has 0 spiro atoms. The SMILES string of the molecule is Nc1nc(Nc2ccc(C(F)(F)F)cc2)nc(-n2c(C3CC3)nc3c(F)cccc32)n1. The van der Waals surface area contributed by atoms with Gasteiger partial charge in [-0.25, -0.2) is 9.37 Å². The van der Waals surface area contributed by atoms with Gasteiger partial charge in [-0.1, -0.05) is 6.07 Å². The fraction of sp³-hybridized carbons (Fsp3) is 0.200. The summed E-state index contributed by atoms with van der Waals surface area (Å²) >= 11 is 0. The lowest BCUT2D eigenvalue weighted by atomic mass is 10.2. The Morgan fingerprint density at radius 3 is 2.39 bits per heavy atom. The van der Waals surface area contributed by atoms with E-state index >= 15 is 0 Å². The van der Waals surface area contributed by atoms with E-state index < -0.39 is 17.6 Å². The molecule has 3 N–H and O–H groups in total. The Kier molecular flexibility index (Phi) is 4.27. The van der Waals surface area contributed by atoms with Gasteiger partial charge in [-0.15, -0.1) is 0 Å². The van der Waals surface area contributed by atoms with Gasteiger partial charge in [-0.3, -0.25) is 4.57 Å². The van der Waals surface area contributed by atoms with Crippen LogP contribution in [0.15, 0.2) is 42.5 Å². The summed E-state index contributed by atoms with van der Waals surface area (Å²) in [7, 11) is 0. The normalized spacial score (nSPS) is 14.2. The summed E-state index contributed by atoms with van der Waals surface area (Å²) in [6.07, 6.45) is -2.59. The zero-order valence-electron chi connectivity index (χ0n) is 15.9. The maximum atomic E-state index is 14.3. The van der Waals surface area contributed by atoms with Crippen LogP contribution in [0.5, 0.6) is 0 Å². The minimum atomic E-state index is -4.43. The lowest BCUT2D eigenvalue weighted by Crippen LogP contribution is -2.11. The van der Waals surface area contributed by atoms with E-state index in [-0.39, 0.29) is 29.3 Å². The fourth-order valence-electron chi connectivity index (χ4n) is 3.32. The second-order valence-corrected chi connectivity index (χ2v) is 7.20. The molecule has 0 aliphatic heterocycles. The summed E-state index contributed by atoms with van der Waals surface area (Å²) in [6, 6.07) is 9.03. The molecule has 31 heavy (non-hydrogen) atoms. The first kappa shape index (κ1) is 19.2. The first-order valence-electron chi connectivity index (χ1n) is 9.42. The maximum absolute atomic E-state index is 14.3. The molecule has 0 amide bonds. The highest BCUT2D eigenvalue weighted by molar-refractivity contribution is 5.78. The molecule has 1 fully saturated rings. The quantitative estimate of drug-likeness (QED) is 0.462. The Labute approximate surface area is 173 Å². The third-order valence-electron chi connectivity index (χ3n) is 4.91. The van der Waals surface area contributed by atoms with E-state index in [9.17, 15) is 17.6 Å². The van der Waals surface area contributed by atoms with Gasteiger partial charge in [0.25, 0.3) is 0 Å². The van der Waals surface area contributed by atoms with Gasteiger partial charge in [0.2, 0.25) is 17.8 Å². The molecule has 1 aliphatic rings. The van der Waals surface area contributed by atoms with E-state index in [1.165, 1.54) is 18.2 Å². The van der Waals surface area contributed by atoms with Gasteiger partial charge in [0, 0.05) is 11.6 Å². The number of imidazole rings is 1. The van der Waals surface area contributed by atoms with E-state index in [0.29, 0.717) is 17.0 Å². The molecule has 0 saturated heterocycles. The summed E-state index contributed by atoms with van der Waals surface area (Å²) in [4.78, 5) is 17.0. The number of aromatic nitrogens is 5. The minimum Gasteiger partial charge on any atom is -0.368 e. The monoisotopic (exact) mass is 429 g/mol. The predicted octanol–water partition coefficient (Wildman–Crippen LogP) is 4.57. The van der Waals surface area contributed by atoms with Crippen molar-refractivity contribution in [1.29, 1.82) is 0 Å². The van der Waals surface area contributed by atoms with Crippen LogP contribution < -0.4 is 11.1 Å². The van der Waals surface area contributed by atoms with Crippen LogP contribution in [0, 0.1) is 5.82 Å². The van der Waals surface area contributed by atoms with Crippen molar-refractivity contribution < 1.29 is 17.6 Å². The molecule has 1 saturated carbocycles. The number of rotatable bonds is 4. The molecular formula is C20H15F4N7. The molecule has 0 atom stereocenters. The zero-order chi connectivity index (χ0) is 21.8. The van der Waals surface area contributed by atoms with Crippen LogP contribution in [0.3, 0.4) is 0 Å². The maximum Gasteiger partial charge on any atom is 0.416 e. The molecule has 5 rings (SSSR count). The first-order chi connectivity index (χ1) is 14.8. The largest absolute Gasteiger partial charge is 0.416 e. The van der Waals surface area contributed by atoms with Gasteiger partial charge in [0.15, 0.2) is 5.82 Å². The zero-order valence-corrected chi connectivity index (χ0v) is 15.9. The Hall–Kier alpha value is -3.76. The number of halogens is 4. The van der Waals surface area contributed by atoms with Crippen molar-refractivity contribution in [3.8, 4) is 5.95 Å². The van der Waals surface area contributed by atoms with Gasteiger partial charge in [-0.05, 0) is 49.2 Å². The molecule has 2 aromatic heterocycles. The topological polar surface area (TPSA) is 94.5 Å². The van der Waals surface area contributed by atoms with Crippen molar-refractivity contribution in [2.75, 3.05) is 11.1 Å². The smallest absolute Gasteiger partial charge is 0.368 e. The number of benzene rings is 2. The summed E-state index contributed by atoms with van der Waals surface area (Å²) in [5, 5.41) is 2.83. The van der Waals surface area contributed by atoms with E-state index in [1.54, 1.807) is 16.7 Å². The summed E-state index contributed by atoms with van der Waals surface area (Å²) in [5.74, 6) is 0.434. The van der Waals surface area contributed by atoms with Crippen LogP contribution in [0.1, 0.15) is 30.1 Å². The predicted molar refractivity (Wildman–Crippen MR) is 106 cm³/mol. The molecule has 0 unspecified atom stereocenters. The molecular weight excluding hydrogens is 414 g/mol.